The van der Waals surface area contributed by atoms with Crippen molar-refractivity contribution < 1.29 is 4.74 Å². The van der Waals surface area contributed by atoms with Gasteiger partial charge in [0.1, 0.15) is 5.75 Å². The van der Waals surface area contributed by atoms with E-state index in [1.54, 1.807) is 7.11 Å². The van der Waals surface area contributed by atoms with Crippen molar-refractivity contribution in [2.75, 3.05) is 40.3 Å². The SMILES string of the molecule is COc1ccc([C@H]2[C@@H]3CN(C/C=C/c4ccccc4)C[C@@H]3CN2C)cc1. The molecule has 2 aromatic rings. The lowest BCUT2D eigenvalue weighted by molar-refractivity contribution is 0.237. The van der Waals surface area contributed by atoms with E-state index >= 15 is 0 Å². The molecule has 0 bridgehead atoms. The van der Waals surface area contributed by atoms with E-state index in [9.17, 15) is 0 Å². The van der Waals surface area contributed by atoms with Gasteiger partial charge in [-0.05, 0) is 42.1 Å². The quantitative estimate of drug-likeness (QED) is 0.814. The second kappa shape index (κ2) is 7.65. The summed E-state index contributed by atoms with van der Waals surface area (Å²) in [4.78, 5) is 5.15. The van der Waals surface area contributed by atoms with Gasteiger partial charge < -0.3 is 4.74 Å². The van der Waals surface area contributed by atoms with Gasteiger partial charge in [-0.2, -0.15) is 0 Å². The van der Waals surface area contributed by atoms with Crippen LogP contribution in [-0.4, -0.2) is 50.1 Å². The fraction of sp³-hybridized carbons (Fsp3) is 0.391. The number of benzene rings is 2. The third-order valence-corrected chi connectivity index (χ3v) is 5.90. The average molecular weight is 348 g/mol. The highest BCUT2D eigenvalue weighted by molar-refractivity contribution is 5.48. The number of nitrogens with zero attached hydrogens (tertiary/aromatic N) is 2. The summed E-state index contributed by atoms with van der Waals surface area (Å²) in [6, 6.07) is 19.7. The summed E-state index contributed by atoms with van der Waals surface area (Å²) < 4.78 is 5.31. The molecular formula is C23H28N2O. The van der Waals surface area contributed by atoms with Crippen LogP contribution in [0.15, 0.2) is 60.7 Å². The molecule has 3 heteroatoms. The number of hydrogen-bond acceptors (Lipinski definition) is 3. The minimum Gasteiger partial charge on any atom is -0.497 e. The molecule has 2 fully saturated rings. The zero-order chi connectivity index (χ0) is 17.9. The van der Waals surface area contributed by atoms with Gasteiger partial charge in [-0.3, -0.25) is 9.80 Å². The van der Waals surface area contributed by atoms with Crippen LogP contribution in [0.2, 0.25) is 0 Å². The second-order valence-electron chi connectivity index (χ2n) is 7.61. The summed E-state index contributed by atoms with van der Waals surface area (Å²) in [5.74, 6) is 2.43. The number of methoxy groups -OCH3 is 1. The van der Waals surface area contributed by atoms with Crippen molar-refractivity contribution >= 4 is 6.08 Å². The van der Waals surface area contributed by atoms with Gasteiger partial charge in [0.2, 0.25) is 0 Å². The van der Waals surface area contributed by atoms with Crippen molar-refractivity contribution in [1.82, 2.24) is 9.80 Å². The smallest absolute Gasteiger partial charge is 0.118 e. The van der Waals surface area contributed by atoms with Crippen LogP contribution in [0.4, 0.5) is 0 Å². The summed E-state index contributed by atoms with van der Waals surface area (Å²) >= 11 is 0. The minimum absolute atomic E-state index is 0.522. The Morgan fingerprint density at radius 1 is 1.00 bits per heavy atom. The molecule has 3 atom stereocenters. The van der Waals surface area contributed by atoms with E-state index in [0.717, 1.165) is 24.1 Å². The molecule has 2 saturated heterocycles. The van der Waals surface area contributed by atoms with Gasteiger partial charge in [-0.25, -0.2) is 0 Å². The molecule has 0 amide bonds. The molecule has 0 aliphatic carbocycles. The monoisotopic (exact) mass is 348 g/mol. The van der Waals surface area contributed by atoms with E-state index in [1.165, 1.54) is 30.8 Å². The van der Waals surface area contributed by atoms with Crippen molar-refractivity contribution in [2.24, 2.45) is 11.8 Å². The van der Waals surface area contributed by atoms with Crippen molar-refractivity contribution in [1.29, 1.82) is 0 Å². The molecule has 2 aromatic carbocycles. The maximum atomic E-state index is 5.31. The van der Waals surface area contributed by atoms with Gasteiger partial charge in [-0.1, -0.05) is 54.6 Å². The van der Waals surface area contributed by atoms with Crippen LogP contribution in [0.1, 0.15) is 17.2 Å². The normalized spacial score (nSPS) is 26.5. The first-order chi connectivity index (χ1) is 12.7. The Hall–Kier alpha value is -2.10. The van der Waals surface area contributed by atoms with Gasteiger partial charge in [0, 0.05) is 32.2 Å². The lowest BCUT2D eigenvalue weighted by atomic mass is 9.89. The number of fused-ring (bicyclic) bond motifs is 1. The van der Waals surface area contributed by atoms with Crippen LogP contribution >= 0.6 is 0 Å². The molecule has 0 radical (unpaired) electrons. The standard InChI is InChI=1S/C23H28N2O/c1-24-15-20-16-25(14-6-9-18-7-4-3-5-8-18)17-22(20)23(24)19-10-12-21(26-2)13-11-19/h3-13,20,22-23H,14-17H2,1-2H3/b9-6+/t20-,22+,23-/m0/s1. The highest BCUT2D eigenvalue weighted by Gasteiger charge is 2.45. The summed E-state index contributed by atoms with van der Waals surface area (Å²) in [7, 11) is 4.00. The predicted octanol–water partition coefficient (Wildman–Crippen LogP) is 3.94. The van der Waals surface area contributed by atoms with Crippen molar-refractivity contribution in [3.63, 3.8) is 0 Å². The topological polar surface area (TPSA) is 15.7 Å². The molecule has 0 aromatic heterocycles. The second-order valence-corrected chi connectivity index (χ2v) is 7.61. The number of rotatable bonds is 5. The third-order valence-electron chi connectivity index (χ3n) is 5.90. The maximum Gasteiger partial charge on any atom is 0.118 e. The summed E-state index contributed by atoms with van der Waals surface area (Å²) in [5, 5.41) is 0. The average Bonchev–Trinajstić information content (AvgIpc) is 3.18. The van der Waals surface area contributed by atoms with Crippen LogP contribution in [0, 0.1) is 11.8 Å². The van der Waals surface area contributed by atoms with Gasteiger partial charge >= 0.3 is 0 Å². The summed E-state index contributed by atoms with van der Waals surface area (Å²) in [6.07, 6.45) is 4.55. The fourth-order valence-corrected chi connectivity index (χ4v) is 4.70. The molecule has 2 heterocycles. The Bertz CT molecular complexity index is 741. The van der Waals surface area contributed by atoms with Crippen molar-refractivity contribution in [3.05, 3.63) is 71.8 Å². The Balaban J connectivity index is 1.40. The van der Waals surface area contributed by atoms with Crippen LogP contribution in [-0.2, 0) is 0 Å². The van der Waals surface area contributed by atoms with E-state index in [1.807, 2.05) is 0 Å². The summed E-state index contributed by atoms with van der Waals surface area (Å²) in [6.45, 7) is 4.63. The van der Waals surface area contributed by atoms with E-state index in [4.69, 9.17) is 4.74 Å². The molecule has 26 heavy (non-hydrogen) atoms. The lowest BCUT2D eigenvalue weighted by Gasteiger charge is -2.26. The van der Waals surface area contributed by atoms with E-state index in [-0.39, 0.29) is 0 Å². The zero-order valence-electron chi connectivity index (χ0n) is 15.7. The molecular weight excluding hydrogens is 320 g/mol. The van der Waals surface area contributed by atoms with Crippen molar-refractivity contribution in [2.45, 2.75) is 6.04 Å². The number of ether oxygens (including phenoxy) is 1. The Morgan fingerprint density at radius 3 is 2.50 bits per heavy atom. The molecule has 136 valence electrons. The van der Waals surface area contributed by atoms with Crippen molar-refractivity contribution in [3.8, 4) is 5.75 Å². The van der Waals surface area contributed by atoms with E-state index in [0.29, 0.717) is 6.04 Å². The minimum atomic E-state index is 0.522. The summed E-state index contributed by atoms with van der Waals surface area (Å²) in [5.41, 5.74) is 2.70. The zero-order valence-corrected chi connectivity index (χ0v) is 15.7. The molecule has 0 spiro atoms. The van der Waals surface area contributed by atoms with Crippen LogP contribution in [0.3, 0.4) is 0 Å². The first kappa shape index (κ1) is 17.3. The first-order valence-electron chi connectivity index (χ1n) is 9.53. The third kappa shape index (κ3) is 3.55. The Labute approximate surface area is 156 Å². The largest absolute Gasteiger partial charge is 0.497 e. The molecule has 2 aliphatic rings. The number of likely N-dealkylation sites (tertiary alicyclic amines) is 2. The highest BCUT2D eigenvalue weighted by atomic mass is 16.5. The first-order valence-corrected chi connectivity index (χ1v) is 9.53. The molecule has 4 rings (SSSR count). The van der Waals surface area contributed by atoms with Gasteiger partial charge in [0.05, 0.1) is 7.11 Å². The van der Waals surface area contributed by atoms with E-state index < -0.39 is 0 Å². The molecule has 0 unspecified atom stereocenters. The van der Waals surface area contributed by atoms with E-state index in [2.05, 4.69) is 83.6 Å². The molecule has 2 aliphatic heterocycles. The highest BCUT2D eigenvalue weighted by Crippen LogP contribution is 2.44. The Kier molecular flexibility index (Phi) is 5.09. The Morgan fingerprint density at radius 2 is 1.77 bits per heavy atom. The predicted molar refractivity (Wildman–Crippen MR) is 107 cm³/mol. The lowest BCUT2D eigenvalue weighted by Crippen LogP contribution is -2.29. The van der Waals surface area contributed by atoms with Gasteiger partial charge in [-0.15, -0.1) is 0 Å². The molecule has 0 saturated carbocycles. The fourth-order valence-electron chi connectivity index (χ4n) is 4.70. The van der Waals surface area contributed by atoms with Gasteiger partial charge in [0.15, 0.2) is 0 Å². The van der Waals surface area contributed by atoms with Crippen LogP contribution in [0.5, 0.6) is 5.75 Å². The molecule has 3 nitrogen and oxygen atoms in total. The molecule has 0 N–H and O–H groups in total. The van der Waals surface area contributed by atoms with Crippen LogP contribution < -0.4 is 4.74 Å². The van der Waals surface area contributed by atoms with Gasteiger partial charge in [0.25, 0.3) is 0 Å². The maximum absolute atomic E-state index is 5.31. The van der Waals surface area contributed by atoms with Crippen LogP contribution in [0.25, 0.3) is 6.08 Å². The number of hydrogen-bond donors (Lipinski definition) is 0.